The van der Waals surface area contributed by atoms with Crippen molar-refractivity contribution in [3.8, 4) is 0 Å². The van der Waals surface area contributed by atoms with Crippen LogP contribution in [0.4, 0.5) is 30.7 Å². The molecular weight excluding hydrogens is 559 g/mol. The van der Waals surface area contributed by atoms with Crippen molar-refractivity contribution in [2.24, 2.45) is 5.16 Å². The highest BCUT2D eigenvalue weighted by Gasteiger charge is 2.64. The van der Waals surface area contributed by atoms with Crippen LogP contribution in [-0.2, 0) is 21.4 Å². The van der Waals surface area contributed by atoms with Gasteiger partial charge in [-0.05, 0) is 55.2 Å². The van der Waals surface area contributed by atoms with Crippen molar-refractivity contribution in [3.05, 3.63) is 69.0 Å². The predicted molar refractivity (Wildman–Crippen MR) is 126 cm³/mol. The molecule has 2 amide bonds. The molecule has 1 fully saturated rings. The molecule has 39 heavy (non-hydrogen) atoms. The zero-order valence-electron chi connectivity index (χ0n) is 20.4. The van der Waals surface area contributed by atoms with Crippen LogP contribution < -0.4 is 5.32 Å². The van der Waals surface area contributed by atoms with Crippen LogP contribution in [0.2, 0.25) is 5.02 Å². The summed E-state index contributed by atoms with van der Waals surface area (Å²) in [4.78, 5) is 30.9. The number of alkyl halides is 6. The molecule has 0 saturated heterocycles. The Balaban J connectivity index is 1.58. The lowest BCUT2D eigenvalue weighted by atomic mass is 9.85. The highest BCUT2D eigenvalue weighted by Crippen LogP contribution is 2.51. The number of nitrogens with zero attached hydrogens (tertiary/aromatic N) is 2. The second kappa shape index (κ2) is 10.00. The lowest BCUT2D eigenvalue weighted by molar-refractivity contribution is -0.276. The van der Waals surface area contributed by atoms with Crippen LogP contribution in [0.5, 0.6) is 0 Å². The van der Waals surface area contributed by atoms with Crippen LogP contribution in [0.1, 0.15) is 51.9 Å². The van der Waals surface area contributed by atoms with Gasteiger partial charge >= 0.3 is 12.4 Å². The highest BCUT2D eigenvalue weighted by molar-refractivity contribution is 6.30. The number of rotatable bonds is 6. The Bertz CT molecular complexity index is 1360. The van der Waals surface area contributed by atoms with Crippen molar-refractivity contribution in [2.45, 2.75) is 50.2 Å². The zero-order valence-corrected chi connectivity index (χ0v) is 21.2. The maximum atomic E-state index is 14.8. The Morgan fingerprint density at radius 1 is 1.15 bits per heavy atom. The molecule has 1 aliphatic carbocycles. The maximum Gasteiger partial charge on any atom is 0.435 e. The Labute approximate surface area is 222 Å². The van der Waals surface area contributed by atoms with Gasteiger partial charge in [-0.1, -0.05) is 22.8 Å². The maximum absolute atomic E-state index is 14.8. The number of hydrogen-bond acceptors (Lipinski definition) is 4. The molecule has 1 atom stereocenters. The molecule has 1 heterocycles. The van der Waals surface area contributed by atoms with E-state index in [1.54, 1.807) is 11.9 Å². The first-order valence-corrected chi connectivity index (χ1v) is 12.0. The van der Waals surface area contributed by atoms with Gasteiger partial charge in [0.25, 0.3) is 11.5 Å². The van der Waals surface area contributed by atoms with Gasteiger partial charge in [0, 0.05) is 24.2 Å². The minimum atomic E-state index is -5.39. The fourth-order valence-electron chi connectivity index (χ4n) is 4.22. The van der Waals surface area contributed by atoms with Crippen molar-refractivity contribution in [1.29, 1.82) is 0 Å². The molecule has 0 spiro atoms. The number of benzene rings is 2. The first-order valence-electron chi connectivity index (χ1n) is 11.6. The molecule has 0 radical (unpaired) electrons. The van der Waals surface area contributed by atoms with Crippen LogP contribution in [0.25, 0.3) is 0 Å². The van der Waals surface area contributed by atoms with Crippen LogP contribution in [0, 0.1) is 12.7 Å². The number of hydrogen-bond donors (Lipinski definition) is 1. The fourth-order valence-corrected chi connectivity index (χ4v) is 4.44. The summed E-state index contributed by atoms with van der Waals surface area (Å²) < 4.78 is 97.4. The Kier molecular flexibility index (Phi) is 7.34. The standard InChI is InChI=1S/C25H21ClF7N3O3/c1-12-7-13(3-6-16(12)22(38)34-11-20(37)36(2)15-4-5-15)19-10-23(39-35-19,25(31,32)33)17-8-14(24(28,29)30)9-18(26)21(17)27/h3,6-9,15H,4-5,10-11H2,1-2H3,(H,34,38). The third-order valence-electron chi connectivity index (χ3n) is 6.67. The van der Waals surface area contributed by atoms with Crippen molar-refractivity contribution in [3.63, 3.8) is 0 Å². The summed E-state index contributed by atoms with van der Waals surface area (Å²) in [6.07, 6.45) is -9.85. The van der Waals surface area contributed by atoms with Crippen molar-refractivity contribution < 1.29 is 45.2 Å². The molecule has 1 N–H and O–H groups in total. The zero-order chi connectivity index (χ0) is 28.9. The molecule has 1 saturated carbocycles. The van der Waals surface area contributed by atoms with E-state index in [9.17, 15) is 40.3 Å². The Morgan fingerprint density at radius 3 is 2.38 bits per heavy atom. The number of carbonyl (C=O) groups is 2. The number of halogens is 8. The van der Waals surface area contributed by atoms with Crippen LogP contribution in [0.3, 0.4) is 0 Å². The first kappa shape index (κ1) is 28.7. The molecule has 0 aromatic heterocycles. The first-order chi connectivity index (χ1) is 18.0. The van der Waals surface area contributed by atoms with Gasteiger partial charge in [0.1, 0.15) is 5.82 Å². The van der Waals surface area contributed by atoms with E-state index in [0.29, 0.717) is 5.56 Å². The predicted octanol–water partition coefficient (Wildman–Crippen LogP) is 5.74. The molecule has 14 heteroatoms. The van der Waals surface area contributed by atoms with Crippen molar-refractivity contribution >= 4 is 29.1 Å². The van der Waals surface area contributed by atoms with Gasteiger partial charge in [0.05, 0.1) is 29.3 Å². The average molecular weight is 580 g/mol. The van der Waals surface area contributed by atoms with Crippen molar-refractivity contribution in [1.82, 2.24) is 10.2 Å². The lowest BCUT2D eigenvalue weighted by Crippen LogP contribution is -2.43. The Morgan fingerprint density at radius 2 is 1.82 bits per heavy atom. The summed E-state index contributed by atoms with van der Waals surface area (Å²) in [5.74, 6) is -2.59. The number of likely N-dealkylation sites (N-methyl/N-ethyl adjacent to an activating group) is 1. The molecule has 4 rings (SSSR count). The fraction of sp³-hybridized carbons (Fsp3) is 0.400. The summed E-state index contributed by atoms with van der Waals surface area (Å²) in [5.41, 5.74) is -6.43. The minimum Gasteiger partial charge on any atom is -0.374 e. The molecule has 1 aliphatic heterocycles. The van der Waals surface area contributed by atoms with Gasteiger partial charge in [-0.3, -0.25) is 9.59 Å². The number of oxime groups is 1. The highest BCUT2D eigenvalue weighted by atomic mass is 35.5. The molecule has 210 valence electrons. The van der Waals surface area contributed by atoms with Gasteiger partial charge < -0.3 is 15.1 Å². The van der Waals surface area contributed by atoms with Crippen LogP contribution >= 0.6 is 11.6 Å². The quantitative estimate of drug-likeness (QED) is 0.444. The summed E-state index contributed by atoms with van der Waals surface area (Å²) in [6, 6.07) is 4.25. The Hall–Kier alpha value is -3.35. The van der Waals surface area contributed by atoms with E-state index < -0.39 is 52.2 Å². The van der Waals surface area contributed by atoms with E-state index in [1.807, 2.05) is 0 Å². The summed E-state index contributed by atoms with van der Waals surface area (Å²) in [5, 5.41) is 4.77. The minimum absolute atomic E-state index is 0.00773. The van der Waals surface area contributed by atoms with E-state index in [4.69, 9.17) is 11.6 Å². The van der Waals surface area contributed by atoms with E-state index >= 15 is 0 Å². The third kappa shape index (κ3) is 5.54. The molecule has 1 unspecified atom stereocenters. The molecular formula is C25H21ClF7N3O3. The van der Waals surface area contributed by atoms with E-state index in [0.717, 1.165) is 12.8 Å². The molecule has 2 aromatic carbocycles. The smallest absolute Gasteiger partial charge is 0.374 e. The van der Waals surface area contributed by atoms with E-state index in [-0.39, 0.29) is 47.5 Å². The summed E-state index contributed by atoms with van der Waals surface area (Å²) in [6.45, 7) is 1.25. The van der Waals surface area contributed by atoms with E-state index in [2.05, 4.69) is 15.3 Å². The number of aryl methyl sites for hydroxylation is 1. The topological polar surface area (TPSA) is 71.0 Å². The van der Waals surface area contributed by atoms with Gasteiger partial charge in [-0.15, -0.1) is 0 Å². The molecule has 2 aromatic rings. The summed E-state index contributed by atoms with van der Waals surface area (Å²) >= 11 is 5.52. The van der Waals surface area contributed by atoms with E-state index in [1.165, 1.54) is 25.1 Å². The van der Waals surface area contributed by atoms with Crippen LogP contribution in [-0.4, -0.2) is 48.2 Å². The second-order valence-electron chi connectivity index (χ2n) is 9.40. The molecule has 2 aliphatic rings. The largest absolute Gasteiger partial charge is 0.435 e. The summed E-state index contributed by atoms with van der Waals surface area (Å²) in [7, 11) is 1.64. The lowest BCUT2D eigenvalue weighted by Gasteiger charge is -2.30. The third-order valence-corrected chi connectivity index (χ3v) is 6.94. The molecule has 6 nitrogen and oxygen atoms in total. The van der Waals surface area contributed by atoms with Gasteiger partial charge in [0.2, 0.25) is 5.91 Å². The SMILES string of the molecule is Cc1cc(C2=NOC(c3cc(C(F)(F)F)cc(Cl)c3F)(C(F)(F)F)C2)ccc1C(=O)NCC(=O)N(C)C1CC1. The number of nitrogens with one attached hydrogen (secondary N) is 1. The van der Waals surface area contributed by atoms with Gasteiger partial charge in [-0.25, -0.2) is 4.39 Å². The van der Waals surface area contributed by atoms with Crippen LogP contribution in [0.15, 0.2) is 35.5 Å². The average Bonchev–Trinajstić information content (AvgIpc) is 3.59. The second-order valence-corrected chi connectivity index (χ2v) is 9.80. The number of carbonyl (C=O) groups excluding carboxylic acids is 2. The monoisotopic (exact) mass is 579 g/mol. The van der Waals surface area contributed by atoms with Crippen molar-refractivity contribution in [2.75, 3.05) is 13.6 Å². The number of amides is 2. The normalized spacial score (nSPS) is 19.4. The van der Waals surface area contributed by atoms with Gasteiger partial charge in [0.15, 0.2) is 0 Å². The van der Waals surface area contributed by atoms with Gasteiger partial charge in [-0.2, -0.15) is 26.3 Å². The molecule has 0 bridgehead atoms.